The van der Waals surface area contributed by atoms with E-state index in [9.17, 15) is 4.79 Å². The Balaban J connectivity index is 2.17. The standard InChI is InChI=1S/C14H14BrClN2O/c1-2-7-18-9-11(16)8-13(18)14(19)17-12-5-3-10(15)4-6-12/h3-6,8-9H,2,7H2,1H3,(H,17,19). The maximum absolute atomic E-state index is 12.2. The van der Waals surface area contributed by atoms with Crippen LogP contribution in [0.3, 0.4) is 0 Å². The van der Waals surface area contributed by atoms with Gasteiger partial charge in [0.05, 0.1) is 5.02 Å². The van der Waals surface area contributed by atoms with Gasteiger partial charge in [-0.2, -0.15) is 0 Å². The van der Waals surface area contributed by atoms with Crippen LogP contribution in [0.4, 0.5) is 5.69 Å². The van der Waals surface area contributed by atoms with Gasteiger partial charge >= 0.3 is 0 Å². The highest BCUT2D eigenvalue weighted by atomic mass is 79.9. The Kier molecular flexibility index (Phi) is 4.66. The van der Waals surface area contributed by atoms with E-state index in [1.165, 1.54) is 0 Å². The van der Waals surface area contributed by atoms with Crippen molar-refractivity contribution < 1.29 is 4.79 Å². The Morgan fingerprint density at radius 3 is 2.68 bits per heavy atom. The Hall–Kier alpha value is -1.26. The van der Waals surface area contributed by atoms with Crippen molar-refractivity contribution in [2.45, 2.75) is 19.9 Å². The zero-order valence-corrected chi connectivity index (χ0v) is 12.8. The van der Waals surface area contributed by atoms with Gasteiger partial charge in [0.15, 0.2) is 0 Å². The molecule has 0 aliphatic carbocycles. The van der Waals surface area contributed by atoms with E-state index in [0.717, 1.165) is 23.1 Å². The average Bonchev–Trinajstić information content (AvgIpc) is 2.74. The number of benzene rings is 1. The number of halogens is 2. The van der Waals surface area contributed by atoms with Crippen LogP contribution in [0.2, 0.25) is 5.02 Å². The number of aromatic nitrogens is 1. The van der Waals surface area contributed by atoms with Gasteiger partial charge in [0.1, 0.15) is 5.69 Å². The van der Waals surface area contributed by atoms with Crippen molar-refractivity contribution in [1.29, 1.82) is 0 Å². The number of nitrogens with zero attached hydrogens (tertiary/aromatic N) is 1. The first-order valence-electron chi connectivity index (χ1n) is 6.02. The summed E-state index contributed by atoms with van der Waals surface area (Å²) < 4.78 is 2.85. The minimum atomic E-state index is -0.150. The number of hydrogen-bond acceptors (Lipinski definition) is 1. The fourth-order valence-electron chi connectivity index (χ4n) is 1.82. The van der Waals surface area contributed by atoms with Crippen molar-refractivity contribution in [2.24, 2.45) is 0 Å². The van der Waals surface area contributed by atoms with E-state index in [1.54, 1.807) is 12.3 Å². The molecule has 1 amide bonds. The Morgan fingerprint density at radius 1 is 1.37 bits per heavy atom. The van der Waals surface area contributed by atoms with Crippen molar-refractivity contribution in [3.63, 3.8) is 0 Å². The van der Waals surface area contributed by atoms with Crippen LogP contribution in [-0.4, -0.2) is 10.5 Å². The quantitative estimate of drug-likeness (QED) is 0.868. The van der Waals surface area contributed by atoms with Crippen LogP contribution < -0.4 is 5.32 Å². The van der Waals surface area contributed by atoms with Crippen LogP contribution in [-0.2, 0) is 6.54 Å². The third kappa shape index (κ3) is 3.61. The van der Waals surface area contributed by atoms with Gasteiger partial charge in [0.2, 0.25) is 0 Å². The number of anilines is 1. The van der Waals surface area contributed by atoms with E-state index in [2.05, 4.69) is 28.2 Å². The molecule has 2 rings (SSSR count). The topological polar surface area (TPSA) is 34.0 Å². The average molecular weight is 342 g/mol. The number of carbonyl (C=O) groups excluding carboxylic acids is 1. The third-order valence-corrected chi connectivity index (χ3v) is 3.40. The highest BCUT2D eigenvalue weighted by Crippen LogP contribution is 2.18. The zero-order chi connectivity index (χ0) is 13.8. The molecule has 0 fully saturated rings. The number of carbonyl (C=O) groups is 1. The van der Waals surface area contributed by atoms with Gasteiger partial charge in [0.25, 0.3) is 5.91 Å². The molecule has 0 spiro atoms. The van der Waals surface area contributed by atoms with Crippen LogP contribution in [0, 0.1) is 0 Å². The lowest BCUT2D eigenvalue weighted by Crippen LogP contribution is -2.16. The number of hydrogen-bond donors (Lipinski definition) is 1. The van der Waals surface area contributed by atoms with Crippen LogP contribution >= 0.6 is 27.5 Å². The molecular weight excluding hydrogens is 328 g/mol. The molecule has 0 aliphatic heterocycles. The second kappa shape index (κ2) is 6.26. The zero-order valence-electron chi connectivity index (χ0n) is 10.5. The predicted molar refractivity (Wildman–Crippen MR) is 81.8 cm³/mol. The van der Waals surface area contributed by atoms with Crippen molar-refractivity contribution in [2.75, 3.05) is 5.32 Å². The highest BCUT2D eigenvalue weighted by Gasteiger charge is 2.13. The number of aryl methyl sites for hydroxylation is 1. The normalized spacial score (nSPS) is 10.5. The molecule has 0 unspecified atom stereocenters. The molecule has 1 aromatic heterocycles. The van der Waals surface area contributed by atoms with Crippen molar-refractivity contribution >= 4 is 39.1 Å². The fourth-order valence-corrected chi connectivity index (χ4v) is 2.30. The van der Waals surface area contributed by atoms with Gasteiger partial charge < -0.3 is 9.88 Å². The summed E-state index contributed by atoms with van der Waals surface area (Å²) in [5.74, 6) is -0.150. The van der Waals surface area contributed by atoms with E-state index >= 15 is 0 Å². The first-order valence-corrected chi connectivity index (χ1v) is 7.20. The second-order valence-corrected chi connectivity index (χ2v) is 5.55. The molecule has 0 atom stereocenters. The smallest absolute Gasteiger partial charge is 0.272 e. The van der Waals surface area contributed by atoms with Crippen LogP contribution in [0.25, 0.3) is 0 Å². The third-order valence-electron chi connectivity index (χ3n) is 2.66. The summed E-state index contributed by atoms with van der Waals surface area (Å²) in [4.78, 5) is 12.2. The number of nitrogens with one attached hydrogen (secondary N) is 1. The lowest BCUT2D eigenvalue weighted by Gasteiger charge is -2.08. The van der Waals surface area contributed by atoms with E-state index in [1.807, 2.05) is 28.8 Å². The minimum Gasteiger partial charge on any atom is -0.342 e. The van der Waals surface area contributed by atoms with Crippen LogP contribution in [0.1, 0.15) is 23.8 Å². The van der Waals surface area contributed by atoms with E-state index in [4.69, 9.17) is 11.6 Å². The van der Waals surface area contributed by atoms with Gasteiger partial charge in [-0.05, 0) is 36.8 Å². The van der Waals surface area contributed by atoms with E-state index < -0.39 is 0 Å². The molecule has 5 heteroatoms. The molecular formula is C14H14BrClN2O. The lowest BCUT2D eigenvalue weighted by molar-refractivity contribution is 0.101. The van der Waals surface area contributed by atoms with E-state index in [0.29, 0.717) is 10.7 Å². The van der Waals surface area contributed by atoms with Gasteiger partial charge in [-0.25, -0.2) is 0 Å². The molecule has 100 valence electrons. The maximum atomic E-state index is 12.2. The second-order valence-electron chi connectivity index (χ2n) is 4.20. The largest absolute Gasteiger partial charge is 0.342 e. The van der Waals surface area contributed by atoms with Crippen LogP contribution in [0.5, 0.6) is 0 Å². The molecule has 0 saturated carbocycles. The van der Waals surface area contributed by atoms with Gasteiger partial charge in [-0.3, -0.25) is 4.79 Å². The molecule has 0 saturated heterocycles. The SMILES string of the molecule is CCCn1cc(Cl)cc1C(=O)Nc1ccc(Br)cc1. The van der Waals surface area contributed by atoms with Gasteiger partial charge in [-0.1, -0.05) is 34.5 Å². The summed E-state index contributed by atoms with van der Waals surface area (Å²) in [6.07, 6.45) is 2.73. The Morgan fingerprint density at radius 2 is 2.05 bits per heavy atom. The monoisotopic (exact) mass is 340 g/mol. The molecule has 0 aliphatic rings. The molecule has 0 radical (unpaired) electrons. The summed E-state index contributed by atoms with van der Waals surface area (Å²) in [7, 11) is 0. The number of amides is 1. The van der Waals surface area contributed by atoms with Crippen LogP contribution in [0.15, 0.2) is 41.0 Å². The number of rotatable bonds is 4. The summed E-state index contributed by atoms with van der Waals surface area (Å²) in [6, 6.07) is 9.14. The van der Waals surface area contributed by atoms with Gasteiger partial charge in [-0.15, -0.1) is 0 Å². The maximum Gasteiger partial charge on any atom is 0.272 e. The summed E-state index contributed by atoms with van der Waals surface area (Å²) >= 11 is 9.32. The fraction of sp³-hybridized carbons (Fsp3) is 0.214. The Labute approximate surface area is 125 Å². The van der Waals surface area contributed by atoms with Crippen molar-refractivity contribution in [3.05, 3.63) is 51.7 Å². The first-order chi connectivity index (χ1) is 9.10. The predicted octanol–water partition coefficient (Wildman–Crippen LogP) is 4.57. The van der Waals surface area contributed by atoms with Gasteiger partial charge in [0, 0.05) is 22.9 Å². The molecule has 0 bridgehead atoms. The first kappa shape index (κ1) is 14.2. The lowest BCUT2D eigenvalue weighted by atomic mass is 10.3. The van der Waals surface area contributed by atoms with E-state index in [-0.39, 0.29) is 5.91 Å². The molecule has 1 aromatic carbocycles. The Bertz CT molecular complexity index is 578. The molecule has 1 heterocycles. The minimum absolute atomic E-state index is 0.150. The summed E-state index contributed by atoms with van der Waals surface area (Å²) in [5.41, 5.74) is 1.34. The van der Waals surface area contributed by atoms with Crippen molar-refractivity contribution in [1.82, 2.24) is 4.57 Å². The van der Waals surface area contributed by atoms with Crippen molar-refractivity contribution in [3.8, 4) is 0 Å². The molecule has 3 nitrogen and oxygen atoms in total. The summed E-state index contributed by atoms with van der Waals surface area (Å²) in [6.45, 7) is 2.83. The molecule has 19 heavy (non-hydrogen) atoms. The highest BCUT2D eigenvalue weighted by molar-refractivity contribution is 9.10. The molecule has 1 N–H and O–H groups in total. The summed E-state index contributed by atoms with van der Waals surface area (Å²) in [5, 5.41) is 3.44. The molecule has 2 aromatic rings.